The summed E-state index contributed by atoms with van der Waals surface area (Å²) in [4.78, 5) is 37.5. The zero-order chi connectivity index (χ0) is 18.7. The third-order valence-corrected chi connectivity index (χ3v) is 5.39. The van der Waals surface area contributed by atoms with Crippen molar-refractivity contribution in [3.05, 3.63) is 59.1 Å². The Morgan fingerprint density at radius 3 is 2.62 bits per heavy atom. The van der Waals surface area contributed by atoms with Gasteiger partial charge in [-0.3, -0.25) is 14.4 Å². The number of nitrogens with one attached hydrogen (secondary N) is 1. The van der Waals surface area contributed by atoms with Crippen molar-refractivity contribution in [1.82, 2.24) is 0 Å². The highest BCUT2D eigenvalue weighted by Crippen LogP contribution is 2.36. The molecule has 0 bridgehead atoms. The molecular formula is C19H16ClNO4S. The summed E-state index contributed by atoms with van der Waals surface area (Å²) < 4.78 is 5.22. The first kappa shape index (κ1) is 18.5. The molecule has 1 aliphatic heterocycles. The Labute approximate surface area is 160 Å². The summed E-state index contributed by atoms with van der Waals surface area (Å²) in [7, 11) is 0. The molecule has 2 atom stereocenters. The highest BCUT2D eigenvalue weighted by atomic mass is 35.5. The molecule has 26 heavy (non-hydrogen) atoms. The van der Waals surface area contributed by atoms with Crippen LogP contribution in [0.4, 0.5) is 5.69 Å². The van der Waals surface area contributed by atoms with Crippen LogP contribution < -0.4 is 5.32 Å². The average molecular weight is 390 g/mol. The van der Waals surface area contributed by atoms with E-state index in [9.17, 15) is 14.4 Å². The van der Waals surface area contributed by atoms with Gasteiger partial charge in [-0.1, -0.05) is 23.7 Å². The summed E-state index contributed by atoms with van der Waals surface area (Å²) in [6, 6.07) is 13.7. The van der Waals surface area contributed by atoms with Gasteiger partial charge < -0.3 is 10.1 Å². The number of fused-ring (bicyclic) bond motifs is 1. The molecule has 5 nitrogen and oxygen atoms in total. The van der Waals surface area contributed by atoms with E-state index in [2.05, 4.69) is 5.32 Å². The molecular weight excluding hydrogens is 374 g/mol. The number of ketones is 1. The molecule has 0 saturated carbocycles. The fraction of sp³-hybridized carbons (Fsp3) is 0.211. The first-order valence-corrected chi connectivity index (χ1v) is 9.25. The summed E-state index contributed by atoms with van der Waals surface area (Å²) in [5.41, 5.74) is 1.15. The van der Waals surface area contributed by atoms with Gasteiger partial charge in [-0.15, -0.1) is 11.8 Å². The molecule has 1 aliphatic rings. The number of rotatable bonds is 5. The predicted molar refractivity (Wildman–Crippen MR) is 101 cm³/mol. The van der Waals surface area contributed by atoms with Crippen molar-refractivity contribution in [2.45, 2.75) is 29.6 Å². The predicted octanol–water partition coefficient (Wildman–Crippen LogP) is 3.96. The van der Waals surface area contributed by atoms with Crippen LogP contribution in [-0.4, -0.2) is 29.0 Å². The third kappa shape index (κ3) is 4.26. The van der Waals surface area contributed by atoms with Gasteiger partial charge in [0.2, 0.25) is 11.7 Å². The van der Waals surface area contributed by atoms with Crippen molar-refractivity contribution in [2.24, 2.45) is 0 Å². The summed E-state index contributed by atoms with van der Waals surface area (Å²) in [5, 5.41) is 2.71. The van der Waals surface area contributed by atoms with E-state index in [-0.39, 0.29) is 18.1 Å². The largest absolute Gasteiger partial charge is 0.454 e. The summed E-state index contributed by atoms with van der Waals surface area (Å²) in [6.07, 6.45) is -1.05. The minimum atomic E-state index is -0.937. The third-order valence-electron chi connectivity index (χ3n) is 3.86. The molecule has 2 aromatic rings. The first-order valence-electron chi connectivity index (χ1n) is 8.00. The van der Waals surface area contributed by atoms with Crippen LogP contribution in [0.3, 0.4) is 0 Å². The summed E-state index contributed by atoms with van der Waals surface area (Å²) in [5.74, 6) is -1.16. The number of carbonyl (C=O) groups excluding carboxylic acids is 3. The van der Waals surface area contributed by atoms with Gasteiger partial charge in [-0.05, 0) is 43.3 Å². The van der Waals surface area contributed by atoms with Crippen molar-refractivity contribution in [3.63, 3.8) is 0 Å². The maximum atomic E-state index is 12.3. The van der Waals surface area contributed by atoms with Crippen LogP contribution in [0, 0.1) is 0 Å². The van der Waals surface area contributed by atoms with E-state index in [0.29, 0.717) is 10.6 Å². The van der Waals surface area contributed by atoms with Gasteiger partial charge in [0, 0.05) is 15.5 Å². The normalized spacial score (nSPS) is 17.0. The Kier molecular flexibility index (Phi) is 5.64. The maximum absolute atomic E-state index is 12.3. The number of para-hydroxylation sites is 1. The second kappa shape index (κ2) is 7.93. The van der Waals surface area contributed by atoms with E-state index in [1.807, 2.05) is 24.3 Å². The fourth-order valence-corrected chi connectivity index (χ4v) is 3.75. The smallest absolute Gasteiger partial charge is 0.308 e. The standard InChI is InChI=1S/C19H16ClNO4S/c1-11(18(23)12-6-8-13(20)9-7-12)25-17(22)10-16-19(24)21-14-4-2-3-5-15(14)26-16/h2-9,11,16H,10H2,1H3,(H,21,24)/t11-,16-/m0/s1. The Bertz CT molecular complexity index is 853. The fourth-order valence-electron chi connectivity index (χ4n) is 2.53. The lowest BCUT2D eigenvalue weighted by molar-refractivity contribution is -0.147. The number of anilines is 1. The number of esters is 1. The number of benzene rings is 2. The number of hydrogen-bond donors (Lipinski definition) is 1. The van der Waals surface area contributed by atoms with Crippen molar-refractivity contribution >= 4 is 46.7 Å². The van der Waals surface area contributed by atoms with Crippen molar-refractivity contribution in [3.8, 4) is 0 Å². The Hall–Kier alpha value is -2.31. The number of thioether (sulfide) groups is 1. The van der Waals surface area contributed by atoms with Gasteiger partial charge in [-0.2, -0.15) is 0 Å². The lowest BCUT2D eigenvalue weighted by Gasteiger charge is -2.23. The van der Waals surface area contributed by atoms with E-state index >= 15 is 0 Å². The zero-order valence-corrected chi connectivity index (χ0v) is 15.5. The van der Waals surface area contributed by atoms with E-state index in [1.165, 1.54) is 18.7 Å². The van der Waals surface area contributed by atoms with E-state index in [0.717, 1.165) is 10.6 Å². The second-order valence-electron chi connectivity index (χ2n) is 5.80. The molecule has 3 rings (SSSR count). The van der Waals surface area contributed by atoms with Gasteiger partial charge in [0.15, 0.2) is 6.10 Å². The molecule has 1 heterocycles. The minimum Gasteiger partial charge on any atom is -0.454 e. The number of Topliss-reactive ketones (excluding diaryl/α,β-unsaturated/α-hetero) is 1. The average Bonchev–Trinajstić information content (AvgIpc) is 2.62. The minimum absolute atomic E-state index is 0.108. The van der Waals surface area contributed by atoms with Gasteiger partial charge in [-0.25, -0.2) is 0 Å². The Balaban J connectivity index is 1.59. The molecule has 2 aromatic carbocycles. The van der Waals surface area contributed by atoms with Crippen LogP contribution in [0.1, 0.15) is 23.7 Å². The highest BCUT2D eigenvalue weighted by Gasteiger charge is 2.30. The van der Waals surface area contributed by atoms with E-state index < -0.39 is 17.3 Å². The molecule has 0 unspecified atom stereocenters. The van der Waals surface area contributed by atoms with Crippen molar-refractivity contribution in [1.29, 1.82) is 0 Å². The van der Waals surface area contributed by atoms with Gasteiger partial charge in [0.1, 0.15) is 0 Å². The Morgan fingerprint density at radius 1 is 1.19 bits per heavy atom. The van der Waals surface area contributed by atoms with Crippen molar-refractivity contribution < 1.29 is 19.1 Å². The molecule has 134 valence electrons. The van der Waals surface area contributed by atoms with Crippen LogP contribution in [0.15, 0.2) is 53.4 Å². The van der Waals surface area contributed by atoms with Crippen molar-refractivity contribution in [2.75, 3.05) is 5.32 Å². The molecule has 7 heteroatoms. The topological polar surface area (TPSA) is 72.5 Å². The lowest BCUT2D eigenvalue weighted by atomic mass is 10.1. The molecule has 0 aromatic heterocycles. The maximum Gasteiger partial charge on any atom is 0.308 e. The Morgan fingerprint density at radius 2 is 1.88 bits per heavy atom. The van der Waals surface area contributed by atoms with Crippen LogP contribution in [-0.2, 0) is 14.3 Å². The lowest BCUT2D eigenvalue weighted by Crippen LogP contribution is -2.33. The molecule has 0 spiro atoms. The van der Waals surface area contributed by atoms with Crippen LogP contribution >= 0.6 is 23.4 Å². The number of carbonyl (C=O) groups is 3. The van der Waals surface area contributed by atoms with Crippen LogP contribution in [0.2, 0.25) is 5.02 Å². The van der Waals surface area contributed by atoms with Gasteiger partial charge >= 0.3 is 5.97 Å². The van der Waals surface area contributed by atoms with E-state index in [4.69, 9.17) is 16.3 Å². The quantitative estimate of drug-likeness (QED) is 0.619. The summed E-state index contributed by atoms with van der Waals surface area (Å²) >= 11 is 7.12. The van der Waals surface area contributed by atoms with Crippen LogP contribution in [0.5, 0.6) is 0 Å². The summed E-state index contributed by atoms with van der Waals surface area (Å²) in [6.45, 7) is 1.51. The number of hydrogen-bond acceptors (Lipinski definition) is 5. The molecule has 0 fully saturated rings. The molecule has 1 N–H and O–H groups in total. The molecule has 0 saturated heterocycles. The van der Waals surface area contributed by atoms with Gasteiger partial charge in [0.25, 0.3) is 0 Å². The number of amides is 1. The first-order chi connectivity index (χ1) is 12.4. The number of ether oxygens (including phenoxy) is 1. The molecule has 0 radical (unpaired) electrons. The number of halogens is 1. The van der Waals surface area contributed by atoms with Crippen LogP contribution in [0.25, 0.3) is 0 Å². The highest BCUT2D eigenvalue weighted by molar-refractivity contribution is 8.01. The monoisotopic (exact) mass is 389 g/mol. The second-order valence-corrected chi connectivity index (χ2v) is 7.48. The molecule has 0 aliphatic carbocycles. The van der Waals surface area contributed by atoms with E-state index in [1.54, 1.807) is 24.3 Å². The van der Waals surface area contributed by atoms with Gasteiger partial charge in [0.05, 0.1) is 17.4 Å². The zero-order valence-electron chi connectivity index (χ0n) is 13.9. The molecule has 1 amide bonds. The SMILES string of the molecule is C[C@H](OC(=O)C[C@@H]1Sc2ccccc2NC1=O)C(=O)c1ccc(Cl)cc1.